The van der Waals surface area contributed by atoms with E-state index in [0.29, 0.717) is 34.5 Å². The highest BCUT2D eigenvalue weighted by molar-refractivity contribution is 6.04. The molecule has 1 heterocycles. The molecule has 168 valence electrons. The highest BCUT2D eigenvalue weighted by Crippen LogP contribution is 2.35. The summed E-state index contributed by atoms with van der Waals surface area (Å²) >= 11 is 0. The molecule has 1 aromatic carbocycles. The molecule has 1 aliphatic heterocycles. The van der Waals surface area contributed by atoms with E-state index in [9.17, 15) is 14.9 Å². The fraction of sp³-hybridized carbons (Fsp3) is 0.360. The summed E-state index contributed by atoms with van der Waals surface area (Å²) in [7, 11) is 1.72. The van der Waals surface area contributed by atoms with Gasteiger partial charge in [0.05, 0.1) is 23.6 Å². The molecule has 1 aliphatic rings. The molecule has 2 amide bonds. The Labute approximate surface area is 190 Å². The van der Waals surface area contributed by atoms with Crippen LogP contribution in [0.5, 0.6) is 0 Å². The van der Waals surface area contributed by atoms with Crippen LogP contribution < -0.4 is 10.6 Å². The predicted octanol–water partition coefficient (Wildman–Crippen LogP) is 3.63. The van der Waals surface area contributed by atoms with E-state index in [1.807, 2.05) is 26.8 Å². The third-order valence-corrected chi connectivity index (χ3v) is 5.27. The van der Waals surface area contributed by atoms with Crippen LogP contribution in [-0.2, 0) is 9.59 Å². The number of carbonyl (C=O) groups excluding carboxylic acids is 2. The number of rotatable bonds is 8. The summed E-state index contributed by atoms with van der Waals surface area (Å²) in [5.41, 5.74) is 2.61. The Morgan fingerprint density at radius 1 is 1.38 bits per heavy atom. The summed E-state index contributed by atoms with van der Waals surface area (Å²) in [4.78, 5) is 28.7. The van der Waals surface area contributed by atoms with Crippen LogP contribution in [0.1, 0.15) is 33.3 Å². The van der Waals surface area contributed by atoms with Crippen LogP contribution in [0.2, 0.25) is 0 Å². The highest BCUT2D eigenvalue weighted by atomic mass is 16.2. The molecule has 1 aromatic rings. The van der Waals surface area contributed by atoms with Gasteiger partial charge >= 0.3 is 0 Å². The second kappa shape index (κ2) is 11.1. The van der Waals surface area contributed by atoms with Crippen molar-refractivity contribution in [2.45, 2.75) is 33.7 Å². The quantitative estimate of drug-likeness (QED) is 0.544. The molecule has 3 N–H and O–H groups in total. The molecule has 0 fully saturated rings. The van der Waals surface area contributed by atoms with Gasteiger partial charge in [0.1, 0.15) is 0 Å². The van der Waals surface area contributed by atoms with E-state index in [4.69, 9.17) is 5.41 Å². The van der Waals surface area contributed by atoms with Crippen molar-refractivity contribution in [3.05, 3.63) is 64.9 Å². The molecular formula is C25H31N5O2. The maximum Gasteiger partial charge on any atom is 0.250 e. The second-order valence-corrected chi connectivity index (χ2v) is 8.11. The lowest BCUT2D eigenvalue weighted by molar-refractivity contribution is -0.133. The standard InChI is InChI=1S/C25H31N5O2/c1-6-8-21-17(4)25(32)30(15-16(2)3)23(19(13-27)14-28-5)22(21)24(31)29-20-10-7-9-18(11-20)12-26/h6-11,13-14,16,22-23,27-28H,15H2,1-5H3,(H,29,31)/b8-6-,19-14+,27-13?/t22?,23-/m1/s1. The summed E-state index contributed by atoms with van der Waals surface area (Å²) in [5.74, 6) is -0.997. The largest absolute Gasteiger partial charge is 0.394 e. The van der Waals surface area contributed by atoms with Gasteiger partial charge in [-0.15, -0.1) is 0 Å². The normalized spacial score (nSPS) is 19.3. The SMILES string of the molecule is C/C=C\C1=C(C)C(=O)N(CC(C)C)[C@H](/C(C=N)=C/NC)C1C(=O)Nc1cccc(C#N)c1. The van der Waals surface area contributed by atoms with E-state index in [1.165, 1.54) is 6.21 Å². The minimum absolute atomic E-state index is 0.142. The lowest BCUT2D eigenvalue weighted by atomic mass is 9.78. The number of allylic oxidation sites excluding steroid dienone is 2. The third kappa shape index (κ3) is 5.33. The van der Waals surface area contributed by atoms with Gasteiger partial charge in [0.2, 0.25) is 11.8 Å². The second-order valence-electron chi connectivity index (χ2n) is 8.11. The molecule has 0 saturated heterocycles. The minimum Gasteiger partial charge on any atom is -0.394 e. The van der Waals surface area contributed by atoms with Gasteiger partial charge in [-0.3, -0.25) is 9.59 Å². The zero-order chi connectivity index (χ0) is 23.8. The molecular weight excluding hydrogens is 402 g/mol. The number of nitriles is 1. The fourth-order valence-electron chi connectivity index (χ4n) is 3.97. The van der Waals surface area contributed by atoms with Gasteiger partial charge in [0.25, 0.3) is 0 Å². The zero-order valence-electron chi connectivity index (χ0n) is 19.3. The van der Waals surface area contributed by atoms with Crippen molar-refractivity contribution in [1.82, 2.24) is 10.2 Å². The number of amides is 2. The van der Waals surface area contributed by atoms with Gasteiger partial charge in [-0.1, -0.05) is 32.1 Å². The number of carbonyl (C=O) groups is 2. The van der Waals surface area contributed by atoms with E-state index < -0.39 is 12.0 Å². The first-order valence-corrected chi connectivity index (χ1v) is 10.6. The molecule has 7 nitrogen and oxygen atoms in total. The molecule has 0 aliphatic carbocycles. The van der Waals surface area contributed by atoms with Gasteiger partial charge in [0.15, 0.2) is 0 Å². The monoisotopic (exact) mass is 433 g/mol. The van der Waals surface area contributed by atoms with Crippen LogP contribution in [0, 0.1) is 28.6 Å². The lowest BCUT2D eigenvalue weighted by Gasteiger charge is -2.43. The first-order chi connectivity index (χ1) is 15.3. The number of benzene rings is 1. The first kappa shape index (κ1) is 24.6. The number of anilines is 1. The van der Waals surface area contributed by atoms with E-state index in [2.05, 4.69) is 16.7 Å². The summed E-state index contributed by atoms with van der Waals surface area (Å²) < 4.78 is 0. The van der Waals surface area contributed by atoms with Crippen LogP contribution in [0.4, 0.5) is 5.69 Å². The predicted molar refractivity (Wildman–Crippen MR) is 127 cm³/mol. The van der Waals surface area contributed by atoms with Crippen molar-refractivity contribution < 1.29 is 9.59 Å². The number of nitrogens with one attached hydrogen (secondary N) is 3. The van der Waals surface area contributed by atoms with Crippen molar-refractivity contribution in [3.63, 3.8) is 0 Å². The van der Waals surface area contributed by atoms with Crippen molar-refractivity contribution >= 4 is 23.7 Å². The lowest BCUT2D eigenvalue weighted by Crippen LogP contribution is -2.55. The van der Waals surface area contributed by atoms with Crippen LogP contribution >= 0.6 is 0 Å². The molecule has 0 bridgehead atoms. The fourth-order valence-corrected chi connectivity index (χ4v) is 3.97. The van der Waals surface area contributed by atoms with Crippen molar-refractivity contribution in [3.8, 4) is 6.07 Å². The number of hydrogen-bond acceptors (Lipinski definition) is 5. The van der Waals surface area contributed by atoms with Crippen LogP contribution in [0.3, 0.4) is 0 Å². The summed E-state index contributed by atoms with van der Waals surface area (Å²) in [6.07, 6.45) is 6.45. The average Bonchev–Trinajstić information content (AvgIpc) is 2.77. The van der Waals surface area contributed by atoms with Crippen molar-refractivity contribution in [2.75, 3.05) is 18.9 Å². The Morgan fingerprint density at radius 2 is 2.09 bits per heavy atom. The average molecular weight is 434 g/mol. The summed E-state index contributed by atoms with van der Waals surface area (Å²) in [6.45, 7) is 8.06. The molecule has 0 spiro atoms. The van der Waals surface area contributed by atoms with Gasteiger partial charge in [-0.25, -0.2) is 0 Å². The number of nitrogens with zero attached hydrogens (tertiary/aromatic N) is 2. The number of hydrogen-bond donors (Lipinski definition) is 3. The molecule has 2 atom stereocenters. The minimum atomic E-state index is -0.727. The van der Waals surface area contributed by atoms with E-state index in [1.54, 1.807) is 55.4 Å². The zero-order valence-corrected chi connectivity index (χ0v) is 19.3. The molecule has 0 radical (unpaired) electrons. The summed E-state index contributed by atoms with van der Waals surface area (Å²) in [5, 5.41) is 23.0. The maximum absolute atomic E-state index is 13.6. The van der Waals surface area contributed by atoms with Gasteiger partial charge in [0, 0.05) is 42.8 Å². The summed E-state index contributed by atoms with van der Waals surface area (Å²) in [6, 6.07) is 8.13. The molecule has 0 saturated carbocycles. The van der Waals surface area contributed by atoms with Crippen molar-refractivity contribution in [2.24, 2.45) is 11.8 Å². The Kier molecular flexibility index (Phi) is 8.54. The van der Waals surface area contributed by atoms with E-state index in [-0.39, 0.29) is 17.7 Å². The van der Waals surface area contributed by atoms with Crippen LogP contribution in [0.25, 0.3) is 0 Å². The van der Waals surface area contributed by atoms with E-state index in [0.717, 1.165) is 0 Å². The first-order valence-electron chi connectivity index (χ1n) is 10.6. The van der Waals surface area contributed by atoms with E-state index >= 15 is 0 Å². The topological polar surface area (TPSA) is 109 Å². The Bertz CT molecular complexity index is 1010. The molecule has 2 rings (SSSR count). The smallest absolute Gasteiger partial charge is 0.250 e. The van der Waals surface area contributed by atoms with Gasteiger partial charge < -0.3 is 20.9 Å². The molecule has 1 unspecified atom stereocenters. The van der Waals surface area contributed by atoms with Gasteiger partial charge in [-0.2, -0.15) is 5.26 Å². The van der Waals surface area contributed by atoms with Crippen LogP contribution in [-0.4, -0.2) is 42.6 Å². The maximum atomic E-state index is 13.6. The molecule has 32 heavy (non-hydrogen) atoms. The Hall–Kier alpha value is -3.66. The Balaban J connectivity index is 2.67. The highest BCUT2D eigenvalue weighted by Gasteiger charge is 2.44. The molecule has 7 heteroatoms. The van der Waals surface area contributed by atoms with Gasteiger partial charge in [-0.05, 0) is 43.5 Å². The molecule has 0 aromatic heterocycles. The van der Waals surface area contributed by atoms with Crippen LogP contribution in [0.15, 0.2) is 59.3 Å². The third-order valence-electron chi connectivity index (χ3n) is 5.27. The van der Waals surface area contributed by atoms with Crippen molar-refractivity contribution in [1.29, 1.82) is 10.7 Å². The Morgan fingerprint density at radius 3 is 2.66 bits per heavy atom.